The van der Waals surface area contributed by atoms with E-state index in [0.29, 0.717) is 0 Å². The Balaban J connectivity index is 0.777. The molecule has 558 valence electrons. The van der Waals surface area contributed by atoms with Gasteiger partial charge >= 0.3 is 0 Å². The molecule has 0 unspecified atom stereocenters. The van der Waals surface area contributed by atoms with Crippen LogP contribution in [-0.4, -0.2) is 9.97 Å². The van der Waals surface area contributed by atoms with Crippen LogP contribution in [0.5, 0.6) is 0 Å². The zero-order valence-electron chi connectivity index (χ0n) is 65.7. The lowest BCUT2D eigenvalue weighted by Crippen LogP contribution is -2.28. The molecule has 0 saturated heterocycles. The Labute approximate surface area is 705 Å². The van der Waals surface area contributed by atoms with Gasteiger partial charge in [0.1, 0.15) is 11.0 Å². The molecule has 2 aromatic heterocycles. The minimum absolute atomic E-state index is 0.518. The SMILES string of the molecule is c1ccc(C2(c3ccccc3)c3ccccc3-c3c(-c4sc(-c5cccc6c5-c5ccccc5C6(c5ccccc5)c5ccccc5)c5nc6c7cc(-c8cccc9c8-c8ccccc8C98c9ccccc9-c9ccccc98)ccc7c7ccc(-c8cccc9c8-c8ccccc8C98c9ccccc9-c9ccccc98)cc7c6nc45)cccc32)cc1. The Hall–Kier alpha value is -15.0. The average Bonchev–Trinajstić information content (AvgIpc) is 1.51. The van der Waals surface area contributed by atoms with Crippen LogP contribution in [0.15, 0.2) is 425 Å². The molecule has 0 fully saturated rings. The summed E-state index contributed by atoms with van der Waals surface area (Å²) in [5.41, 5.74) is 43.5. The Morgan fingerprint density at radius 1 is 0.157 bits per heavy atom. The van der Waals surface area contributed by atoms with Gasteiger partial charge in [-0.05, 0) is 201 Å². The van der Waals surface area contributed by atoms with E-state index < -0.39 is 21.7 Å². The van der Waals surface area contributed by atoms with Gasteiger partial charge in [-0.3, -0.25) is 0 Å². The summed E-state index contributed by atoms with van der Waals surface area (Å²) >= 11 is 1.85. The topological polar surface area (TPSA) is 25.8 Å². The Bertz CT molecular complexity index is 7450. The van der Waals surface area contributed by atoms with Crippen molar-refractivity contribution in [2.24, 2.45) is 0 Å². The fraction of sp³-hybridized carbons (Fsp3) is 0.0339. The van der Waals surface area contributed by atoms with E-state index in [-0.39, 0.29) is 0 Å². The highest BCUT2D eigenvalue weighted by atomic mass is 32.1. The molecular formula is C118H70N2S. The number of nitrogens with zero attached hydrogens (tertiary/aromatic N) is 2. The van der Waals surface area contributed by atoms with Gasteiger partial charge in [0, 0.05) is 21.9 Å². The third-order valence-corrected chi connectivity index (χ3v) is 29.7. The van der Waals surface area contributed by atoms with Crippen LogP contribution in [0.1, 0.15) is 89.0 Å². The Morgan fingerprint density at radius 2 is 0.380 bits per heavy atom. The van der Waals surface area contributed by atoms with Crippen molar-refractivity contribution in [3.8, 4) is 110 Å². The molecule has 0 aliphatic heterocycles. The van der Waals surface area contributed by atoms with Crippen molar-refractivity contribution in [2.75, 3.05) is 0 Å². The van der Waals surface area contributed by atoms with Crippen molar-refractivity contribution in [3.63, 3.8) is 0 Å². The van der Waals surface area contributed by atoms with Gasteiger partial charge in [-0.2, -0.15) is 0 Å². The largest absolute Gasteiger partial charge is 0.242 e. The molecule has 0 saturated carbocycles. The van der Waals surface area contributed by atoms with Gasteiger partial charge in [-0.15, -0.1) is 11.3 Å². The maximum Gasteiger partial charge on any atom is 0.109 e. The third-order valence-electron chi connectivity index (χ3n) is 28.5. The number of hydrogen-bond acceptors (Lipinski definition) is 3. The van der Waals surface area contributed by atoms with Gasteiger partial charge in [0.2, 0.25) is 0 Å². The molecule has 0 radical (unpaired) electrons. The molecule has 2 heterocycles. The lowest BCUT2D eigenvalue weighted by Gasteiger charge is -2.34. The van der Waals surface area contributed by atoms with Crippen molar-refractivity contribution in [2.45, 2.75) is 21.7 Å². The van der Waals surface area contributed by atoms with Crippen molar-refractivity contribution in [1.29, 1.82) is 0 Å². The average molecular weight is 1550 g/mol. The summed E-state index contributed by atoms with van der Waals surface area (Å²) in [6, 6.07) is 161. The van der Waals surface area contributed by atoms with Crippen molar-refractivity contribution in [1.82, 2.24) is 9.97 Å². The van der Waals surface area contributed by atoms with Crippen LogP contribution in [0, 0.1) is 0 Å². The van der Waals surface area contributed by atoms with Crippen LogP contribution in [0.3, 0.4) is 0 Å². The van der Waals surface area contributed by atoms with E-state index in [4.69, 9.17) is 9.97 Å². The number of hydrogen-bond donors (Lipinski definition) is 0. The molecule has 21 aromatic rings. The third kappa shape index (κ3) is 8.45. The standard InChI is InChI=1S/C118H70N2S/c1-5-33-73(34-6-1)115(74-35-7-2-8-36-74)97-57-25-17-45-85(97)107-89(51-31-61-101(107)115)113-111-112(114(121-113)90-52-32-62-102-108(90)86-46-18-26-58-98(86)116(102,75-37-9-3-10-38-75)76-39-11-4-12-40-76)120-110-92-70-72(78-50-30-64-104-106(78)88-48-20-28-60-100(88)118(104)95-55-23-15-43-83(95)84-44-16-24-56-96(84)118)66-68-80(92)79-67-65-71(69-91(79)109(110)119-111)77-49-29-63-103-105(77)87-47-19-27-59-99(87)117(103)93-53-21-13-41-81(93)82-42-14-22-54-94(82)117/h1-70H. The zero-order valence-corrected chi connectivity index (χ0v) is 66.5. The molecule has 121 heavy (non-hydrogen) atoms. The zero-order chi connectivity index (χ0) is 79.0. The van der Waals surface area contributed by atoms with E-state index >= 15 is 0 Å². The lowest BCUT2D eigenvalue weighted by atomic mass is 9.67. The summed E-state index contributed by atoms with van der Waals surface area (Å²) < 4.78 is 0. The maximum atomic E-state index is 6.55. The van der Waals surface area contributed by atoms with Gasteiger partial charge in [0.25, 0.3) is 0 Å². The molecule has 2 spiro atoms. The van der Waals surface area contributed by atoms with E-state index in [1.807, 2.05) is 11.3 Å². The first kappa shape index (κ1) is 67.1. The predicted molar refractivity (Wildman–Crippen MR) is 499 cm³/mol. The highest BCUT2D eigenvalue weighted by Crippen LogP contribution is 2.68. The molecule has 19 aromatic carbocycles. The van der Waals surface area contributed by atoms with E-state index in [0.717, 1.165) is 75.6 Å². The summed E-state index contributed by atoms with van der Waals surface area (Å²) in [6.45, 7) is 0. The number of thiophene rings is 1. The Kier molecular flexibility index (Phi) is 13.7. The van der Waals surface area contributed by atoms with Crippen LogP contribution in [0.25, 0.3) is 154 Å². The van der Waals surface area contributed by atoms with E-state index in [1.165, 1.54) is 167 Å². The predicted octanol–water partition coefficient (Wildman–Crippen LogP) is 29.2. The normalized spacial score (nSPS) is 14.5. The fourth-order valence-corrected chi connectivity index (χ4v) is 25.4. The number of aromatic nitrogens is 2. The van der Waals surface area contributed by atoms with Gasteiger partial charge < -0.3 is 0 Å². The maximum absolute atomic E-state index is 6.55. The molecule has 6 aliphatic rings. The summed E-state index contributed by atoms with van der Waals surface area (Å²) in [4.78, 5) is 15.3. The fourth-order valence-electron chi connectivity index (χ4n) is 24.1. The molecule has 3 heteroatoms. The summed E-state index contributed by atoms with van der Waals surface area (Å²) in [5, 5.41) is 4.33. The smallest absolute Gasteiger partial charge is 0.109 e. The Morgan fingerprint density at radius 3 is 0.686 bits per heavy atom. The van der Waals surface area contributed by atoms with Crippen LogP contribution < -0.4 is 0 Å². The highest BCUT2D eigenvalue weighted by Gasteiger charge is 2.55. The summed E-state index contributed by atoms with van der Waals surface area (Å²) in [7, 11) is 0. The van der Waals surface area contributed by atoms with Crippen LogP contribution in [0.4, 0.5) is 0 Å². The first-order valence-electron chi connectivity index (χ1n) is 42.3. The minimum Gasteiger partial charge on any atom is -0.242 e. The van der Waals surface area contributed by atoms with E-state index in [1.54, 1.807) is 0 Å². The molecule has 0 bridgehead atoms. The second kappa shape index (κ2) is 24.8. The molecular weight excluding hydrogens is 1480 g/mol. The van der Waals surface area contributed by atoms with Gasteiger partial charge in [0.15, 0.2) is 0 Å². The monoisotopic (exact) mass is 1550 g/mol. The number of benzene rings is 19. The van der Waals surface area contributed by atoms with Crippen LogP contribution >= 0.6 is 11.3 Å². The molecule has 6 aliphatic carbocycles. The molecule has 0 N–H and O–H groups in total. The van der Waals surface area contributed by atoms with Gasteiger partial charge in [0.05, 0.1) is 42.4 Å². The molecule has 2 nitrogen and oxygen atoms in total. The quantitative estimate of drug-likeness (QED) is 0.142. The molecule has 0 atom stereocenters. The van der Waals surface area contributed by atoms with Gasteiger partial charge in [-0.25, -0.2) is 9.97 Å². The van der Waals surface area contributed by atoms with Crippen molar-refractivity contribution >= 4 is 54.9 Å². The number of rotatable bonds is 8. The second-order valence-corrected chi connectivity index (χ2v) is 34.7. The first-order valence-corrected chi connectivity index (χ1v) is 43.1. The highest BCUT2D eigenvalue weighted by molar-refractivity contribution is 7.21. The summed E-state index contributed by atoms with van der Waals surface area (Å²) in [5.74, 6) is 0. The minimum atomic E-state index is -0.653. The van der Waals surface area contributed by atoms with Gasteiger partial charge in [-0.1, -0.05) is 413 Å². The van der Waals surface area contributed by atoms with Crippen molar-refractivity contribution in [3.05, 3.63) is 514 Å². The lowest BCUT2D eigenvalue weighted by molar-refractivity contribution is 0.768. The summed E-state index contributed by atoms with van der Waals surface area (Å²) in [6.07, 6.45) is 0. The van der Waals surface area contributed by atoms with E-state index in [2.05, 4.69) is 425 Å². The molecule has 27 rings (SSSR count). The van der Waals surface area contributed by atoms with Crippen molar-refractivity contribution < 1.29 is 0 Å². The van der Waals surface area contributed by atoms with Crippen LogP contribution in [-0.2, 0) is 21.7 Å². The molecule has 0 amide bonds. The van der Waals surface area contributed by atoms with E-state index in [9.17, 15) is 0 Å². The van der Waals surface area contributed by atoms with Crippen LogP contribution in [0.2, 0.25) is 0 Å². The number of fused-ring (bicyclic) bond motifs is 33. The first-order chi connectivity index (χ1) is 60.1. The second-order valence-electron chi connectivity index (χ2n) is 33.6.